The van der Waals surface area contributed by atoms with Gasteiger partial charge in [-0.25, -0.2) is 9.78 Å². The van der Waals surface area contributed by atoms with E-state index in [-0.39, 0.29) is 5.56 Å². The van der Waals surface area contributed by atoms with Crippen molar-refractivity contribution in [2.75, 3.05) is 12.4 Å². The number of aromatic carboxylic acids is 1. The first-order chi connectivity index (χ1) is 9.67. The van der Waals surface area contributed by atoms with Gasteiger partial charge in [0.15, 0.2) is 0 Å². The van der Waals surface area contributed by atoms with Gasteiger partial charge in [0.2, 0.25) is 5.13 Å². The molecule has 0 bridgehead atoms. The summed E-state index contributed by atoms with van der Waals surface area (Å²) >= 11 is 1.31. The van der Waals surface area contributed by atoms with Crippen LogP contribution in [0, 0.1) is 0 Å². The van der Waals surface area contributed by atoms with Crippen molar-refractivity contribution in [3.05, 3.63) is 29.6 Å². The Morgan fingerprint density at radius 2 is 2.30 bits per heavy atom. The van der Waals surface area contributed by atoms with Gasteiger partial charge >= 0.3 is 5.97 Å². The van der Waals surface area contributed by atoms with Crippen LogP contribution < -0.4 is 10.1 Å². The molecule has 1 heterocycles. The quantitative estimate of drug-likeness (QED) is 0.881. The topological polar surface area (TPSA) is 84.3 Å². The van der Waals surface area contributed by atoms with E-state index < -0.39 is 5.97 Å². The number of carboxylic acid groups (broad SMARTS) is 1. The van der Waals surface area contributed by atoms with Gasteiger partial charge < -0.3 is 15.2 Å². The molecule has 0 aliphatic heterocycles. The minimum atomic E-state index is -1.01. The third-order valence-corrected chi connectivity index (χ3v) is 3.71. The molecule has 0 radical (unpaired) electrons. The summed E-state index contributed by atoms with van der Waals surface area (Å²) in [5, 5.41) is 12.9. The van der Waals surface area contributed by atoms with Gasteiger partial charge in [0.05, 0.1) is 7.11 Å². The number of aromatic nitrogens is 2. The molecule has 0 saturated heterocycles. The first-order valence-corrected chi connectivity index (χ1v) is 6.96. The van der Waals surface area contributed by atoms with Gasteiger partial charge in [-0.1, -0.05) is 0 Å². The molecule has 0 spiro atoms. The normalized spacial score (nSPS) is 14.1. The Labute approximate surface area is 119 Å². The predicted molar refractivity (Wildman–Crippen MR) is 75.1 cm³/mol. The highest BCUT2D eigenvalue weighted by molar-refractivity contribution is 7.09. The zero-order valence-electron chi connectivity index (χ0n) is 10.8. The number of nitrogens with one attached hydrogen (secondary N) is 1. The number of methoxy groups -OCH3 is 1. The summed E-state index contributed by atoms with van der Waals surface area (Å²) in [6, 6.07) is 4.83. The maximum atomic E-state index is 11.0. The molecular formula is C13H13N3O3S. The van der Waals surface area contributed by atoms with Gasteiger partial charge in [0.1, 0.15) is 17.1 Å². The Balaban J connectivity index is 1.80. The van der Waals surface area contributed by atoms with Crippen molar-refractivity contribution in [3.63, 3.8) is 0 Å². The standard InChI is InChI=1S/C13H13N3O3S/c1-19-10-6-8(4-5-9(10)12(17)18)14-13-15-11(16-20-13)7-2-3-7/h4-7H,2-3H2,1H3,(H,17,18)(H,14,15,16). The Bertz CT molecular complexity index is 652. The fourth-order valence-corrected chi connectivity index (χ4v) is 2.53. The minimum absolute atomic E-state index is 0.133. The van der Waals surface area contributed by atoms with Crippen molar-refractivity contribution in [2.24, 2.45) is 0 Å². The van der Waals surface area contributed by atoms with Crippen molar-refractivity contribution < 1.29 is 14.6 Å². The molecule has 2 N–H and O–H groups in total. The lowest BCUT2D eigenvalue weighted by Crippen LogP contribution is -2.01. The number of ether oxygens (including phenoxy) is 1. The average Bonchev–Trinajstić information content (AvgIpc) is 3.19. The zero-order chi connectivity index (χ0) is 14.1. The van der Waals surface area contributed by atoms with Crippen LogP contribution in [0.25, 0.3) is 0 Å². The molecule has 2 aromatic rings. The lowest BCUT2D eigenvalue weighted by Gasteiger charge is -2.08. The predicted octanol–water partition coefficient (Wildman–Crippen LogP) is 2.87. The van der Waals surface area contributed by atoms with Crippen molar-refractivity contribution in [1.29, 1.82) is 0 Å². The average molecular weight is 291 g/mol. The SMILES string of the molecule is COc1cc(Nc2nc(C3CC3)ns2)ccc1C(=O)O. The van der Waals surface area contributed by atoms with Gasteiger partial charge in [0, 0.05) is 29.2 Å². The summed E-state index contributed by atoms with van der Waals surface area (Å²) in [6.07, 6.45) is 2.33. The highest BCUT2D eigenvalue weighted by atomic mass is 32.1. The van der Waals surface area contributed by atoms with Gasteiger partial charge in [0.25, 0.3) is 0 Å². The summed E-state index contributed by atoms with van der Waals surface area (Å²) < 4.78 is 9.39. The van der Waals surface area contributed by atoms with Crippen molar-refractivity contribution in [1.82, 2.24) is 9.36 Å². The second-order valence-corrected chi connectivity index (χ2v) is 5.33. The molecule has 6 nitrogen and oxygen atoms in total. The summed E-state index contributed by atoms with van der Waals surface area (Å²) in [4.78, 5) is 15.4. The number of rotatable bonds is 5. The molecular weight excluding hydrogens is 278 g/mol. The fraction of sp³-hybridized carbons (Fsp3) is 0.308. The Morgan fingerprint density at radius 1 is 1.50 bits per heavy atom. The number of anilines is 2. The van der Waals surface area contributed by atoms with E-state index in [2.05, 4.69) is 14.7 Å². The second kappa shape index (κ2) is 5.09. The lowest BCUT2D eigenvalue weighted by molar-refractivity contribution is 0.0693. The molecule has 20 heavy (non-hydrogen) atoms. The van der Waals surface area contributed by atoms with Crippen LogP contribution in [0.2, 0.25) is 0 Å². The third-order valence-electron chi connectivity index (χ3n) is 3.07. The minimum Gasteiger partial charge on any atom is -0.496 e. The van der Waals surface area contributed by atoms with E-state index in [9.17, 15) is 4.79 Å². The summed E-state index contributed by atoms with van der Waals surface area (Å²) in [7, 11) is 1.45. The van der Waals surface area contributed by atoms with Crippen LogP contribution in [-0.2, 0) is 0 Å². The van der Waals surface area contributed by atoms with Crippen molar-refractivity contribution in [3.8, 4) is 5.75 Å². The lowest BCUT2D eigenvalue weighted by atomic mass is 10.2. The molecule has 1 aliphatic rings. The van der Waals surface area contributed by atoms with Gasteiger partial charge in [-0.05, 0) is 25.0 Å². The molecule has 0 unspecified atom stereocenters. The number of hydrogen-bond acceptors (Lipinski definition) is 6. The molecule has 1 aliphatic carbocycles. The molecule has 1 aromatic heterocycles. The van der Waals surface area contributed by atoms with Crippen LogP contribution in [0.15, 0.2) is 18.2 Å². The Morgan fingerprint density at radius 3 is 2.95 bits per heavy atom. The molecule has 1 saturated carbocycles. The van der Waals surface area contributed by atoms with Crippen LogP contribution in [0.4, 0.5) is 10.8 Å². The summed E-state index contributed by atoms with van der Waals surface area (Å²) in [5.74, 6) is 0.715. The van der Waals surface area contributed by atoms with E-state index in [0.29, 0.717) is 16.8 Å². The molecule has 7 heteroatoms. The molecule has 1 fully saturated rings. The van der Waals surface area contributed by atoms with Crippen molar-refractivity contribution >= 4 is 28.3 Å². The van der Waals surface area contributed by atoms with Gasteiger partial charge in [-0.15, -0.1) is 0 Å². The highest BCUT2D eigenvalue weighted by Crippen LogP contribution is 2.39. The number of benzene rings is 1. The molecule has 104 valence electrons. The van der Waals surface area contributed by atoms with Gasteiger partial charge in [-0.2, -0.15) is 4.37 Å². The molecule has 0 amide bonds. The van der Waals surface area contributed by atoms with Crippen LogP contribution in [0.1, 0.15) is 34.9 Å². The monoisotopic (exact) mass is 291 g/mol. The number of carbonyl (C=O) groups is 1. The first kappa shape index (κ1) is 12.9. The molecule has 1 aromatic carbocycles. The maximum absolute atomic E-state index is 11.0. The largest absolute Gasteiger partial charge is 0.496 e. The van der Waals surface area contributed by atoms with E-state index in [0.717, 1.165) is 24.4 Å². The first-order valence-electron chi connectivity index (χ1n) is 6.19. The van der Waals surface area contributed by atoms with E-state index >= 15 is 0 Å². The molecule has 0 atom stereocenters. The Kier molecular flexibility index (Phi) is 3.27. The third kappa shape index (κ3) is 2.57. The van der Waals surface area contributed by atoms with Crippen molar-refractivity contribution in [2.45, 2.75) is 18.8 Å². The van der Waals surface area contributed by atoms with E-state index in [4.69, 9.17) is 9.84 Å². The number of hydrogen-bond donors (Lipinski definition) is 2. The van der Waals surface area contributed by atoms with Crippen LogP contribution >= 0.6 is 11.5 Å². The second-order valence-electron chi connectivity index (χ2n) is 4.58. The highest BCUT2D eigenvalue weighted by Gasteiger charge is 2.27. The van der Waals surface area contributed by atoms with E-state index in [1.165, 1.54) is 24.7 Å². The zero-order valence-corrected chi connectivity index (χ0v) is 11.6. The molecule has 3 rings (SSSR count). The summed E-state index contributed by atoms with van der Waals surface area (Å²) in [5.41, 5.74) is 0.860. The van der Waals surface area contributed by atoms with E-state index in [1.807, 2.05) is 0 Å². The maximum Gasteiger partial charge on any atom is 0.339 e. The smallest absolute Gasteiger partial charge is 0.339 e. The number of nitrogens with zero attached hydrogens (tertiary/aromatic N) is 2. The van der Waals surface area contributed by atoms with Crippen LogP contribution in [-0.4, -0.2) is 27.5 Å². The number of carboxylic acids is 1. The fourth-order valence-electron chi connectivity index (χ4n) is 1.86. The summed E-state index contributed by atoms with van der Waals surface area (Å²) in [6.45, 7) is 0. The van der Waals surface area contributed by atoms with Crippen LogP contribution in [0.5, 0.6) is 5.75 Å². The van der Waals surface area contributed by atoms with Crippen LogP contribution in [0.3, 0.4) is 0 Å². The van der Waals surface area contributed by atoms with E-state index in [1.54, 1.807) is 12.1 Å². The van der Waals surface area contributed by atoms with Gasteiger partial charge in [-0.3, -0.25) is 0 Å². The Hall–Kier alpha value is -2.15.